The Hall–Kier alpha value is -2.87. The van der Waals surface area contributed by atoms with E-state index in [1.165, 1.54) is 10.6 Å². The van der Waals surface area contributed by atoms with E-state index in [2.05, 4.69) is 10.3 Å². The molecule has 3 aromatic rings. The molecule has 1 atom stereocenters. The topological polar surface area (TPSA) is 66.9 Å². The summed E-state index contributed by atoms with van der Waals surface area (Å²) in [4.78, 5) is 27.7. The zero-order valence-electron chi connectivity index (χ0n) is 14.5. The zero-order chi connectivity index (χ0) is 19.6. The Morgan fingerprint density at radius 3 is 2.70 bits per heavy atom. The molecule has 0 aliphatic carbocycles. The number of hydrogen-bond acceptors (Lipinski definition) is 3. The van der Waals surface area contributed by atoms with E-state index in [0.29, 0.717) is 16.5 Å². The minimum Gasteiger partial charge on any atom is -0.350 e. The minimum atomic E-state index is -0.970. The van der Waals surface area contributed by atoms with E-state index in [9.17, 15) is 18.4 Å². The molecule has 140 valence electrons. The van der Waals surface area contributed by atoms with Gasteiger partial charge >= 0.3 is 0 Å². The number of aromatic amines is 1. The summed E-state index contributed by atoms with van der Waals surface area (Å²) in [6.45, 7) is 1.77. The van der Waals surface area contributed by atoms with Gasteiger partial charge in [-0.05, 0) is 49.0 Å². The van der Waals surface area contributed by atoms with E-state index in [0.717, 1.165) is 12.1 Å². The third kappa shape index (κ3) is 4.11. The SMILES string of the molecule is CC(NC(=O)CCn1c(=S)[nH]c2ccccc2c1=O)c1ccc(F)c(F)c1. The van der Waals surface area contributed by atoms with Gasteiger partial charge < -0.3 is 10.3 Å². The molecular weight excluding hydrogens is 372 g/mol. The fourth-order valence-electron chi connectivity index (χ4n) is 2.79. The van der Waals surface area contributed by atoms with Crippen molar-refractivity contribution in [3.05, 3.63) is 74.8 Å². The van der Waals surface area contributed by atoms with Crippen LogP contribution in [0.1, 0.15) is 24.9 Å². The highest BCUT2D eigenvalue weighted by atomic mass is 32.1. The van der Waals surface area contributed by atoms with Crippen LogP contribution in [0.3, 0.4) is 0 Å². The van der Waals surface area contributed by atoms with Crippen LogP contribution in [0.5, 0.6) is 0 Å². The molecule has 0 spiro atoms. The molecule has 3 rings (SSSR count). The van der Waals surface area contributed by atoms with Gasteiger partial charge in [0.2, 0.25) is 5.91 Å². The predicted octanol–water partition coefficient (Wildman–Crippen LogP) is 3.60. The number of carbonyl (C=O) groups is 1. The van der Waals surface area contributed by atoms with E-state index in [1.807, 2.05) is 0 Å². The molecule has 8 heteroatoms. The molecule has 0 saturated heterocycles. The average Bonchev–Trinajstić information content (AvgIpc) is 2.63. The smallest absolute Gasteiger partial charge is 0.262 e. The fraction of sp³-hybridized carbons (Fsp3) is 0.211. The van der Waals surface area contributed by atoms with Crippen LogP contribution in [0.4, 0.5) is 8.78 Å². The normalized spacial score (nSPS) is 12.1. The van der Waals surface area contributed by atoms with Crippen molar-refractivity contribution in [2.75, 3.05) is 0 Å². The van der Waals surface area contributed by atoms with Gasteiger partial charge in [0.1, 0.15) is 0 Å². The van der Waals surface area contributed by atoms with Crippen LogP contribution in [0.25, 0.3) is 10.9 Å². The van der Waals surface area contributed by atoms with Gasteiger partial charge in [-0.3, -0.25) is 14.2 Å². The molecule has 1 aromatic heterocycles. The van der Waals surface area contributed by atoms with Gasteiger partial charge in [-0.2, -0.15) is 0 Å². The highest BCUT2D eigenvalue weighted by Gasteiger charge is 2.13. The molecule has 27 heavy (non-hydrogen) atoms. The van der Waals surface area contributed by atoms with E-state index in [1.54, 1.807) is 31.2 Å². The van der Waals surface area contributed by atoms with Crippen LogP contribution in [0.2, 0.25) is 0 Å². The first kappa shape index (κ1) is 18.9. The van der Waals surface area contributed by atoms with Crippen molar-refractivity contribution in [1.82, 2.24) is 14.9 Å². The molecule has 5 nitrogen and oxygen atoms in total. The van der Waals surface area contributed by atoms with Crippen molar-refractivity contribution >= 4 is 29.0 Å². The monoisotopic (exact) mass is 389 g/mol. The second-order valence-electron chi connectivity index (χ2n) is 6.15. The predicted molar refractivity (Wildman–Crippen MR) is 101 cm³/mol. The number of H-pyrrole nitrogens is 1. The largest absolute Gasteiger partial charge is 0.350 e. The summed E-state index contributed by atoms with van der Waals surface area (Å²) in [5.74, 6) is -2.24. The number of aromatic nitrogens is 2. The van der Waals surface area contributed by atoms with Gasteiger partial charge in [0, 0.05) is 13.0 Å². The third-order valence-corrected chi connectivity index (χ3v) is 4.60. The third-order valence-electron chi connectivity index (χ3n) is 4.27. The Morgan fingerprint density at radius 1 is 1.22 bits per heavy atom. The van der Waals surface area contributed by atoms with Crippen LogP contribution < -0.4 is 10.9 Å². The van der Waals surface area contributed by atoms with Crippen LogP contribution in [0.15, 0.2) is 47.3 Å². The number of halogens is 2. The van der Waals surface area contributed by atoms with E-state index in [-0.39, 0.29) is 29.2 Å². The van der Waals surface area contributed by atoms with Gasteiger partial charge in [0.15, 0.2) is 16.4 Å². The number of fused-ring (bicyclic) bond motifs is 1. The number of benzene rings is 2. The number of nitrogens with one attached hydrogen (secondary N) is 2. The van der Waals surface area contributed by atoms with E-state index >= 15 is 0 Å². The second kappa shape index (κ2) is 7.79. The lowest BCUT2D eigenvalue weighted by Gasteiger charge is -2.15. The van der Waals surface area contributed by atoms with Crippen molar-refractivity contribution in [1.29, 1.82) is 0 Å². The summed E-state index contributed by atoms with van der Waals surface area (Å²) in [5.41, 5.74) is 0.818. The molecule has 1 unspecified atom stereocenters. The number of para-hydroxylation sites is 1. The summed E-state index contributed by atoms with van der Waals surface area (Å²) in [7, 11) is 0. The number of nitrogens with zero attached hydrogens (tertiary/aromatic N) is 1. The number of rotatable bonds is 5. The van der Waals surface area contributed by atoms with Crippen LogP contribution in [0, 0.1) is 16.4 Å². The Balaban J connectivity index is 1.70. The molecule has 0 aliphatic rings. The van der Waals surface area contributed by atoms with Crippen molar-refractivity contribution in [3.63, 3.8) is 0 Å². The van der Waals surface area contributed by atoms with Gasteiger partial charge in [-0.15, -0.1) is 0 Å². The fourth-order valence-corrected chi connectivity index (χ4v) is 3.08. The minimum absolute atomic E-state index is 0.0176. The summed E-state index contributed by atoms with van der Waals surface area (Å²) in [5, 5.41) is 3.19. The lowest BCUT2D eigenvalue weighted by atomic mass is 10.1. The summed E-state index contributed by atoms with van der Waals surface area (Å²) in [6, 6.07) is 9.96. The van der Waals surface area contributed by atoms with Crippen molar-refractivity contribution < 1.29 is 13.6 Å². The van der Waals surface area contributed by atoms with Crippen LogP contribution >= 0.6 is 12.2 Å². The molecule has 1 heterocycles. The zero-order valence-corrected chi connectivity index (χ0v) is 15.3. The van der Waals surface area contributed by atoms with Crippen LogP contribution in [-0.2, 0) is 11.3 Å². The molecule has 0 bridgehead atoms. The van der Waals surface area contributed by atoms with Gasteiger partial charge in [-0.1, -0.05) is 18.2 Å². The maximum Gasteiger partial charge on any atom is 0.262 e. The molecule has 0 aliphatic heterocycles. The summed E-state index contributed by atoms with van der Waals surface area (Å²) < 4.78 is 27.9. The Labute approximate surface area is 158 Å². The quantitative estimate of drug-likeness (QED) is 0.655. The van der Waals surface area contributed by atoms with Crippen molar-refractivity contribution in [2.45, 2.75) is 25.9 Å². The highest BCUT2D eigenvalue weighted by molar-refractivity contribution is 7.71. The van der Waals surface area contributed by atoms with Crippen molar-refractivity contribution in [2.24, 2.45) is 0 Å². The lowest BCUT2D eigenvalue weighted by molar-refractivity contribution is -0.122. The average molecular weight is 389 g/mol. The van der Waals surface area contributed by atoms with Gasteiger partial charge in [0.05, 0.1) is 16.9 Å². The molecular formula is C19H17F2N3O2S. The summed E-state index contributed by atoms with van der Waals surface area (Å²) >= 11 is 5.21. The first-order chi connectivity index (χ1) is 12.9. The maximum absolute atomic E-state index is 13.3. The molecule has 2 N–H and O–H groups in total. The standard InChI is InChI=1S/C19H17F2N3O2S/c1-11(12-6-7-14(20)15(21)10-12)22-17(25)8-9-24-18(26)13-4-2-3-5-16(13)23-19(24)27/h2-7,10-11H,8-9H2,1H3,(H,22,25)(H,23,27). The highest BCUT2D eigenvalue weighted by Crippen LogP contribution is 2.16. The Kier molecular flexibility index (Phi) is 5.46. The number of amides is 1. The van der Waals surface area contributed by atoms with Gasteiger partial charge in [-0.25, -0.2) is 8.78 Å². The number of hydrogen-bond donors (Lipinski definition) is 2. The molecule has 1 amide bonds. The summed E-state index contributed by atoms with van der Waals surface area (Å²) in [6.07, 6.45) is 0.0176. The first-order valence-corrected chi connectivity index (χ1v) is 8.74. The molecule has 2 aromatic carbocycles. The molecule has 0 radical (unpaired) electrons. The van der Waals surface area contributed by atoms with Crippen molar-refractivity contribution in [3.8, 4) is 0 Å². The molecule has 0 saturated carbocycles. The van der Waals surface area contributed by atoms with E-state index in [4.69, 9.17) is 12.2 Å². The second-order valence-corrected chi connectivity index (χ2v) is 6.53. The number of carbonyl (C=O) groups excluding carboxylic acids is 1. The maximum atomic E-state index is 13.3. The van der Waals surface area contributed by atoms with Gasteiger partial charge in [0.25, 0.3) is 5.56 Å². The lowest BCUT2D eigenvalue weighted by Crippen LogP contribution is -2.30. The Bertz CT molecular complexity index is 1120. The first-order valence-electron chi connectivity index (χ1n) is 8.33. The van der Waals surface area contributed by atoms with E-state index < -0.39 is 17.7 Å². The van der Waals surface area contributed by atoms with Crippen LogP contribution in [-0.4, -0.2) is 15.5 Å². The Morgan fingerprint density at radius 2 is 1.96 bits per heavy atom. The molecule has 0 fully saturated rings.